The second-order valence-electron chi connectivity index (χ2n) is 6.58. The second-order valence-corrected chi connectivity index (χ2v) is 7.96. The van der Waals surface area contributed by atoms with Crippen molar-refractivity contribution in [3.05, 3.63) is 41.1 Å². The smallest absolute Gasteiger partial charge is 0.237 e. The van der Waals surface area contributed by atoms with Gasteiger partial charge in [0.15, 0.2) is 0 Å². The highest BCUT2D eigenvalue weighted by Crippen LogP contribution is 2.34. The van der Waals surface area contributed by atoms with Gasteiger partial charge in [-0.05, 0) is 67.2 Å². The largest absolute Gasteiger partial charge is 0.313 e. The summed E-state index contributed by atoms with van der Waals surface area (Å²) in [6, 6.07) is 7.72. The van der Waals surface area contributed by atoms with E-state index in [4.69, 9.17) is 11.6 Å². The molecule has 26 heavy (non-hydrogen) atoms. The molecule has 6 nitrogen and oxygen atoms in total. The van der Waals surface area contributed by atoms with Crippen LogP contribution in [0.3, 0.4) is 0 Å². The van der Waals surface area contributed by atoms with Crippen molar-refractivity contribution in [1.29, 1.82) is 0 Å². The Labute approximate surface area is 161 Å². The molecule has 0 bridgehead atoms. The van der Waals surface area contributed by atoms with Gasteiger partial charge in [0.05, 0.1) is 11.4 Å². The van der Waals surface area contributed by atoms with Crippen molar-refractivity contribution in [1.82, 2.24) is 25.1 Å². The molecule has 1 saturated carbocycles. The highest BCUT2D eigenvalue weighted by atomic mass is 35.5. The van der Waals surface area contributed by atoms with Crippen LogP contribution in [0.2, 0.25) is 5.02 Å². The Morgan fingerprint density at radius 2 is 2.23 bits per heavy atom. The van der Waals surface area contributed by atoms with E-state index in [0.717, 1.165) is 31.4 Å². The summed E-state index contributed by atoms with van der Waals surface area (Å²) in [5, 5.41) is 13.1. The Morgan fingerprint density at radius 3 is 2.96 bits per heavy atom. The van der Waals surface area contributed by atoms with E-state index >= 15 is 0 Å². The average Bonchev–Trinajstić information content (AvgIpc) is 3.37. The topological polar surface area (TPSA) is 63.9 Å². The van der Waals surface area contributed by atoms with Crippen molar-refractivity contribution in [2.24, 2.45) is 0 Å². The minimum atomic E-state index is 0.145. The standard InChI is InChI=1S/C18H20ClN5OS/c19-13-5-4-8-16(11-13)24-18(20-21-22-24)26-12-17(25)23(15-9-10-15)14-6-2-1-3-7-14/h4-6,8,11,15H,1-3,7,9-10,12H2. The number of aromatic nitrogens is 4. The predicted octanol–water partition coefficient (Wildman–Crippen LogP) is 3.86. The van der Waals surface area contributed by atoms with Crippen LogP contribution in [0.4, 0.5) is 0 Å². The molecule has 4 rings (SSSR count). The van der Waals surface area contributed by atoms with Crippen LogP contribution in [0, 0.1) is 0 Å². The summed E-state index contributed by atoms with van der Waals surface area (Å²) in [4.78, 5) is 14.9. The Kier molecular flexibility index (Phi) is 5.26. The maximum Gasteiger partial charge on any atom is 0.237 e. The molecule has 0 atom stereocenters. The van der Waals surface area contributed by atoms with Gasteiger partial charge < -0.3 is 4.90 Å². The van der Waals surface area contributed by atoms with Gasteiger partial charge in [-0.25, -0.2) is 0 Å². The third-order valence-electron chi connectivity index (χ3n) is 4.58. The van der Waals surface area contributed by atoms with Gasteiger partial charge >= 0.3 is 0 Å². The van der Waals surface area contributed by atoms with Crippen LogP contribution in [-0.4, -0.2) is 42.8 Å². The van der Waals surface area contributed by atoms with Crippen LogP contribution in [0.25, 0.3) is 5.69 Å². The lowest BCUT2D eigenvalue weighted by Gasteiger charge is -2.27. The summed E-state index contributed by atoms with van der Waals surface area (Å²) in [6.45, 7) is 0. The number of rotatable bonds is 6. The first-order chi connectivity index (χ1) is 12.7. The minimum Gasteiger partial charge on any atom is -0.313 e. The number of hydrogen-bond acceptors (Lipinski definition) is 5. The minimum absolute atomic E-state index is 0.145. The molecule has 136 valence electrons. The number of carbonyl (C=O) groups is 1. The van der Waals surface area contributed by atoms with Gasteiger partial charge in [0.1, 0.15) is 0 Å². The number of hydrogen-bond donors (Lipinski definition) is 0. The van der Waals surface area contributed by atoms with Crippen molar-refractivity contribution >= 4 is 29.3 Å². The predicted molar refractivity (Wildman–Crippen MR) is 101 cm³/mol. The molecule has 1 aromatic carbocycles. The maximum absolute atomic E-state index is 12.9. The molecule has 0 radical (unpaired) electrons. The fraction of sp³-hybridized carbons (Fsp3) is 0.444. The first-order valence-electron chi connectivity index (χ1n) is 8.90. The number of nitrogens with zero attached hydrogens (tertiary/aromatic N) is 5. The average molecular weight is 390 g/mol. The van der Waals surface area contributed by atoms with Gasteiger partial charge in [-0.15, -0.1) is 5.10 Å². The molecule has 0 unspecified atom stereocenters. The van der Waals surface area contributed by atoms with Gasteiger partial charge in [0.25, 0.3) is 0 Å². The molecule has 0 N–H and O–H groups in total. The summed E-state index contributed by atoms with van der Waals surface area (Å²) in [7, 11) is 0. The molecule has 1 amide bonds. The highest BCUT2D eigenvalue weighted by molar-refractivity contribution is 7.99. The van der Waals surface area contributed by atoms with E-state index in [0.29, 0.717) is 22.0 Å². The third kappa shape index (κ3) is 3.94. The summed E-state index contributed by atoms with van der Waals surface area (Å²) in [6.07, 6.45) is 8.92. The molecule has 2 aromatic rings. The number of tetrazole rings is 1. The number of amides is 1. The lowest BCUT2D eigenvalue weighted by Crippen LogP contribution is -2.34. The van der Waals surface area contributed by atoms with E-state index in [-0.39, 0.29) is 5.91 Å². The van der Waals surface area contributed by atoms with Crippen molar-refractivity contribution in [2.45, 2.75) is 49.7 Å². The molecular formula is C18H20ClN5OS. The first-order valence-corrected chi connectivity index (χ1v) is 10.3. The summed E-state index contributed by atoms with van der Waals surface area (Å²) < 4.78 is 1.62. The van der Waals surface area contributed by atoms with E-state index in [1.165, 1.54) is 30.3 Å². The van der Waals surface area contributed by atoms with Crippen LogP contribution in [0.5, 0.6) is 0 Å². The summed E-state index contributed by atoms with van der Waals surface area (Å²) >= 11 is 7.42. The molecule has 1 aromatic heterocycles. The van der Waals surface area contributed by atoms with Crippen molar-refractivity contribution in [3.8, 4) is 5.69 Å². The Hall–Kier alpha value is -1.86. The molecule has 0 aliphatic heterocycles. The zero-order valence-corrected chi connectivity index (χ0v) is 15.9. The molecule has 1 heterocycles. The number of allylic oxidation sites excluding steroid dienone is 2. The number of carbonyl (C=O) groups excluding carboxylic acids is 1. The number of thioether (sulfide) groups is 1. The number of halogens is 1. The molecule has 8 heteroatoms. The Morgan fingerprint density at radius 1 is 1.35 bits per heavy atom. The molecular weight excluding hydrogens is 370 g/mol. The van der Waals surface area contributed by atoms with Gasteiger partial charge in [0, 0.05) is 16.8 Å². The fourth-order valence-corrected chi connectivity index (χ4v) is 4.14. The quantitative estimate of drug-likeness (QED) is 0.702. The Bertz CT molecular complexity index is 832. The summed E-state index contributed by atoms with van der Waals surface area (Å²) in [5.74, 6) is 0.473. The lowest BCUT2D eigenvalue weighted by molar-refractivity contribution is -0.127. The van der Waals surface area contributed by atoms with Crippen LogP contribution in [-0.2, 0) is 4.79 Å². The molecule has 1 fully saturated rings. The molecule has 2 aliphatic rings. The maximum atomic E-state index is 12.9. The zero-order chi connectivity index (χ0) is 17.9. The van der Waals surface area contributed by atoms with Gasteiger partial charge in [-0.1, -0.05) is 35.5 Å². The first kappa shape index (κ1) is 17.5. The van der Waals surface area contributed by atoms with E-state index in [2.05, 4.69) is 21.6 Å². The van der Waals surface area contributed by atoms with E-state index in [1.807, 2.05) is 17.0 Å². The van der Waals surface area contributed by atoms with E-state index < -0.39 is 0 Å². The Balaban J connectivity index is 1.46. The van der Waals surface area contributed by atoms with Crippen molar-refractivity contribution in [2.75, 3.05) is 5.75 Å². The SMILES string of the molecule is O=C(CSc1nnnn1-c1cccc(Cl)c1)N(C1=CCCCC1)C1CC1. The monoisotopic (exact) mass is 389 g/mol. The van der Waals surface area contributed by atoms with Gasteiger partial charge in [-0.3, -0.25) is 4.79 Å². The zero-order valence-electron chi connectivity index (χ0n) is 14.3. The van der Waals surface area contributed by atoms with Crippen LogP contribution in [0.1, 0.15) is 38.5 Å². The molecule has 2 aliphatic carbocycles. The highest BCUT2D eigenvalue weighted by Gasteiger charge is 2.35. The number of benzene rings is 1. The van der Waals surface area contributed by atoms with Crippen LogP contribution >= 0.6 is 23.4 Å². The lowest BCUT2D eigenvalue weighted by atomic mass is 10.0. The summed E-state index contributed by atoms with van der Waals surface area (Å²) in [5.41, 5.74) is 1.99. The van der Waals surface area contributed by atoms with Gasteiger partial charge in [-0.2, -0.15) is 4.68 Å². The molecule has 0 saturated heterocycles. The van der Waals surface area contributed by atoms with Crippen LogP contribution in [0.15, 0.2) is 41.2 Å². The van der Waals surface area contributed by atoms with Crippen molar-refractivity contribution < 1.29 is 4.79 Å². The van der Waals surface area contributed by atoms with Crippen molar-refractivity contribution in [3.63, 3.8) is 0 Å². The van der Waals surface area contributed by atoms with Gasteiger partial charge in [0.2, 0.25) is 11.1 Å². The molecule has 0 spiro atoms. The van der Waals surface area contributed by atoms with Crippen LogP contribution < -0.4 is 0 Å². The fourth-order valence-electron chi connectivity index (χ4n) is 3.21. The third-order valence-corrected chi connectivity index (χ3v) is 5.71. The van der Waals surface area contributed by atoms with E-state index in [1.54, 1.807) is 16.8 Å². The normalized spacial score (nSPS) is 17.0. The van der Waals surface area contributed by atoms with E-state index in [9.17, 15) is 4.79 Å². The second kappa shape index (κ2) is 7.80.